The Bertz CT molecular complexity index is 850. The zero-order valence-corrected chi connectivity index (χ0v) is 14.3. The summed E-state index contributed by atoms with van der Waals surface area (Å²) in [5.41, 5.74) is 8.65. The Hall–Kier alpha value is -2.73. The van der Waals surface area contributed by atoms with Gasteiger partial charge in [-0.05, 0) is 18.6 Å². The topological polar surface area (TPSA) is 71.2 Å². The molecule has 1 aliphatic rings. The molecule has 0 spiro atoms. The Morgan fingerprint density at radius 3 is 2.44 bits per heavy atom. The summed E-state index contributed by atoms with van der Waals surface area (Å²) in [7, 11) is 0. The lowest BCUT2D eigenvalue weighted by Gasteiger charge is -2.38. The maximum Gasteiger partial charge on any atom is 0.225 e. The number of nitrogens with zero attached hydrogens (tertiary/aromatic N) is 5. The van der Waals surface area contributed by atoms with Crippen LogP contribution in [-0.4, -0.2) is 46.0 Å². The molecule has 0 amide bonds. The fourth-order valence-electron chi connectivity index (χ4n) is 3.47. The molecule has 6 heteroatoms. The number of nitrogens with two attached hydrogens (primary N) is 1. The first-order valence-corrected chi connectivity index (χ1v) is 8.62. The number of fused-ring (bicyclic) bond motifs is 1. The van der Waals surface area contributed by atoms with Crippen LogP contribution in [0.3, 0.4) is 0 Å². The van der Waals surface area contributed by atoms with Gasteiger partial charge >= 0.3 is 0 Å². The molecule has 128 valence electrons. The van der Waals surface area contributed by atoms with Crippen LogP contribution in [0.4, 0.5) is 11.6 Å². The number of piperazine rings is 1. The maximum absolute atomic E-state index is 5.67. The van der Waals surface area contributed by atoms with Crippen molar-refractivity contribution in [2.45, 2.75) is 13.0 Å². The third kappa shape index (κ3) is 3.13. The average molecular weight is 334 g/mol. The highest BCUT2D eigenvalue weighted by Crippen LogP contribution is 2.27. The van der Waals surface area contributed by atoms with Crippen LogP contribution in [-0.2, 0) is 0 Å². The number of hydrogen-bond donors (Lipinski definition) is 1. The van der Waals surface area contributed by atoms with Gasteiger partial charge < -0.3 is 10.6 Å². The highest BCUT2D eigenvalue weighted by atomic mass is 15.3. The van der Waals surface area contributed by atoms with E-state index >= 15 is 0 Å². The van der Waals surface area contributed by atoms with Gasteiger partial charge in [0.15, 0.2) is 0 Å². The molecule has 3 aromatic rings. The molecule has 1 fully saturated rings. The summed E-state index contributed by atoms with van der Waals surface area (Å²) in [6, 6.07) is 10.9. The van der Waals surface area contributed by atoms with E-state index in [0.717, 1.165) is 37.6 Å². The third-order valence-electron chi connectivity index (χ3n) is 4.92. The van der Waals surface area contributed by atoms with Gasteiger partial charge in [0.25, 0.3) is 0 Å². The van der Waals surface area contributed by atoms with Crippen molar-refractivity contribution in [1.29, 1.82) is 0 Å². The second-order valence-electron chi connectivity index (χ2n) is 6.44. The van der Waals surface area contributed by atoms with Crippen molar-refractivity contribution in [3.05, 3.63) is 54.5 Å². The molecule has 4 rings (SSSR count). The van der Waals surface area contributed by atoms with Crippen LogP contribution in [0.15, 0.2) is 48.9 Å². The first-order valence-electron chi connectivity index (χ1n) is 8.62. The summed E-state index contributed by atoms with van der Waals surface area (Å²) in [5, 5.41) is 1.20. The van der Waals surface area contributed by atoms with E-state index in [1.165, 1.54) is 10.9 Å². The van der Waals surface area contributed by atoms with Crippen molar-refractivity contribution in [2.75, 3.05) is 36.8 Å². The van der Waals surface area contributed by atoms with Crippen LogP contribution in [0.25, 0.3) is 10.9 Å². The zero-order chi connectivity index (χ0) is 17.2. The maximum atomic E-state index is 5.67. The molecule has 2 N–H and O–H groups in total. The molecule has 0 radical (unpaired) electrons. The highest BCUT2D eigenvalue weighted by Gasteiger charge is 2.24. The van der Waals surface area contributed by atoms with Crippen LogP contribution >= 0.6 is 0 Å². The summed E-state index contributed by atoms with van der Waals surface area (Å²) < 4.78 is 0. The van der Waals surface area contributed by atoms with Crippen molar-refractivity contribution in [2.24, 2.45) is 0 Å². The van der Waals surface area contributed by atoms with Crippen molar-refractivity contribution in [3.8, 4) is 0 Å². The minimum Gasteiger partial charge on any atom is -0.396 e. The fraction of sp³-hybridized carbons (Fsp3) is 0.316. The Kier molecular flexibility index (Phi) is 4.19. The van der Waals surface area contributed by atoms with Crippen LogP contribution in [0, 0.1) is 0 Å². The Morgan fingerprint density at radius 2 is 1.68 bits per heavy atom. The van der Waals surface area contributed by atoms with Gasteiger partial charge in [0.2, 0.25) is 5.95 Å². The molecule has 0 aliphatic carbocycles. The minimum absolute atomic E-state index is 0.327. The van der Waals surface area contributed by atoms with E-state index in [1.807, 2.05) is 12.3 Å². The number of hydrogen-bond acceptors (Lipinski definition) is 6. The van der Waals surface area contributed by atoms with Gasteiger partial charge in [-0.1, -0.05) is 24.3 Å². The molecule has 1 aromatic carbocycles. The molecule has 6 nitrogen and oxygen atoms in total. The van der Waals surface area contributed by atoms with E-state index < -0.39 is 0 Å². The number of benzene rings is 1. The van der Waals surface area contributed by atoms with Crippen LogP contribution < -0.4 is 10.6 Å². The summed E-state index contributed by atoms with van der Waals surface area (Å²) in [4.78, 5) is 18.0. The molecule has 1 atom stereocenters. The molecule has 2 aromatic heterocycles. The summed E-state index contributed by atoms with van der Waals surface area (Å²) in [5.74, 6) is 0.758. The van der Waals surface area contributed by atoms with Gasteiger partial charge in [-0.15, -0.1) is 0 Å². The lowest BCUT2D eigenvalue weighted by molar-refractivity contribution is 0.198. The number of nitrogen functional groups attached to an aromatic ring is 1. The largest absolute Gasteiger partial charge is 0.396 e. The smallest absolute Gasteiger partial charge is 0.225 e. The second kappa shape index (κ2) is 6.64. The fourth-order valence-corrected chi connectivity index (χ4v) is 3.47. The Morgan fingerprint density at radius 1 is 0.960 bits per heavy atom. The summed E-state index contributed by atoms with van der Waals surface area (Å²) >= 11 is 0. The van der Waals surface area contributed by atoms with Crippen LogP contribution in [0.1, 0.15) is 18.5 Å². The lowest BCUT2D eigenvalue weighted by atomic mass is 10.0. The van der Waals surface area contributed by atoms with Crippen molar-refractivity contribution in [3.63, 3.8) is 0 Å². The Balaban J connectivity index is 1.49. The van der Waals surface area contributed by atoms with E-state index in [4.69, 9.17) is 5.73 Å². The molecule has 1 unspecified atom stereocenters. The number of aromatic nitrogens is 3. The SMILES string of the molecule is CC(c1cccc2cccnc12)N1CCN(c2ncc(N)cn2)CC1. The second-order valence-corrected chi connectivity index (χ2v) is 6.44. The van der Waals surface area contributed by atoms with Gasteiger partial charge in [0.05, 0.1) is 23.6 Å². The molecule has 1 aliphatic heterocycles. The van der Waals surface area contributed by atoms with Gasteiger partial charge in [0.1, 0.15) is 0 Å². The van der Waals surface area contributed by atoms with Crippen LogP contribution in [0.5, 0.6) is 0 Å². The van der Waals surface area contributed by atoms with Crippen molar-refractivity contribution in [1.82, 2.24) is 19.9 Å². The number of pyridine rings is 1. The molecular weight excluding hydrogens is 312 g/mol. The van der Waals surface area contributed by atoms with Crippen LogP contribution in [0.2, 0.25) is 0 Å². The highest BCUT2D eigenvalue weighted by molar-refractivity contribution is 5.81. The van der Waals surface area contributed by atoms with Gasteiger partial charge in [0, 0.05) is 43.8 Å². The lowest BCUT2D eigenvalue weighted by Crippen LogP contribution is -2.47. The van der Waals surface area contributed by atoms with Gasteiger partial charge in [-0.25, -0.2) is 9.97 Å². The normalized spacial score (nSPS) is 16.9. The Labute approximate surface area is 147 Å². The number of rotatable bonds is 3. The first kappa shape index (κ1) is 15.8. The predicted octanol–water partition coefficient (Wildman–Crippen LogP) is 2.49. The molecule has 0 saturated carbocycles. The monoisotopic (exact) mass is 334 g/mol. The molecule has 3 heterocycles. The van der Waals surface area contributed by atoms with E-state index in [9.17, 15) is 0 Å². The van der Waals surface area contributed by atoms with E-state index in [0.29, 0.717) is 11.7 Å². The molecule has 25 heavy (non-hydrogen) atoms. The quantitative estimate of drug-likeness (QED) is 0.793. The third-order valence-corrected chi connectivity index (χ3v) is 4.92. The van der Waals surface area contributed by atoms with Gasteiger partial charge in [-0.2, -0.15) is 0 Å². The number of para-hydroxylation sites is 1. The van der Waals surface area contributed by atoms with Crippen molar-refractivity contribution >= 4 is 22.5 Å². The van der Waals surface area contributed by atoms with E-state index in [2.05, 4.69) is 55.9 Å². The minimum atomic E-state index is 0.327. The summed E-state index contributed by atoms with van der Waals surface area (Å²) in [6.07, 6.45) is 5.20. The predicted molar refractivity (Wildman–Crippen MR) is 100 cm³/mol. The molecule has 0 bridgehead atoms. The zero-order valence-electron chi connectivity index (χ0n) is 14.3. The molecular formula is C19H22N6. The average Bonchev–Trinajstić information content (AvgIpc) is 2.68. The number of anilines is 2. The molecule has 1 saturated heterocycles. The summed E-state index contributed by atoms with van der Waals surface area (Å²) in [6.45, 7) is 6.02. The van der Waals surface area contributed by atoms with E-state index in [-0.39, 0.29) is 0 Å². The van der Waals surface area contributed by atoms with Gasteiger partial charge in [-0.3, -0.25) is 9.88 Å². The first-order chi connectivity index (χ1) is 12.2. The standard InChI is InChI=1S/C19H22N6/c1-14(17-6-2-4-15-5-3-7-21-18(15)17)24-8-10-25(11-9-24)19-22-12-16(20)13-23-19/h2-7,12-14H,8-11,20H2,1H3. The van der Waals surface area contributed by atoms with E-state index in [1.54, 1.807) is 12.4 Å². The van der Waals surface area contributed by atoms with Crippen molar-refractivity contribution < 1.29 is 0 Å².